The quantitative estimate of drug-likeness (QED) is 0.472. The highest BCUT2D eigenvalue weighted by Gasteiger charge is 2.19. The molecule has 0 aliphatic carbocycles. The molecule has 3 aromatic rings. The maximum Gasteiger partial charge on any atom is 0.261 e. The summed E-state index contributed by atoms with van der Waals surface area (Å²) in [5.41, 5.74) is 1.66. The van der Waals surface area contributed by atoms with Crippen molar-refractivity contribution in [3.63, 3.8) is 0 Å². The molecule has 0 saturated carbocycles. The van der Waals surface area contributed by atoms with E-state index in [1.807, 2.05) is 38.1 Å². The van der Waals surface area contributed by atoms with E-state index in [0.29, 0.717) is 36.7 Å². The van der Waals surface area contributed by atoms with Crippen molar-refractivity contribution < 1.29 is 22.7 Å². The van der Waals surface area contributed by atoms with Gasteiger partial charge in [-0.3, -0.25) is 9.52 Å². The largest absolute Gasteiger partial charge is 0.497 e. The van der Waals surface area contributed by atoms with Gasteiger partial charge < -0.3 is 14.4 Å². The smallest absolute Gasteiger partial charge is 0.261 e. The Morgan fingerprint density at radius 2 is 1.61 bits per heavy atom. The molecule has 174 valence electrons. The van der Waals surface area contributed by atoms with E-state index >= 15 is 0 Å². The molecule has 0 heterocycles. The fourth-order valence-corrected chi connectivity index (χ4v) is 4.36. The van der Waals surface area contributed by atoms with Crippen molar-refractivity contribution in [1.82, 2.24) is 4.90 Å². The second-order valence-corrected chi connectivity index (χ2v) is 8.94. The van der Waals surface area contributed by atoms with Gasteiger partial charge in [0.05, 0.1) is 18.6 Å². The van der Waals surface area contributed by atoms with Gasteiger partial charge in [-0.25, -0.2) is 8.42 Å². The van der Waals surface area contributed by atoms with Gasteiger partial charge >= 0.3 is 0 Å². The minimum atomic E-state index is -3.87. The van der Waals surface area contributed by atoms with E-state index < -0.39 is 10.0 Å². The van der Waals surface area contributed by atoms with Gasteiger partial charge in [-0.05, 0) is 74.0 Å². The molecule has 0 radical (unpaired) electrons. The number of carbonyl (C=O) groups excluding carboxylic acids is 1. The van der Waals surface area contributed by atoms with Crippen LogP contribution >= 0.6 is 0 Å². The second-order valence-electron chi connectivity index (χ2n) is 7.26. The Labute approximate surface area is 195 Å². The Morgan fingerprint density at radius 1 is 0.939 bits per heavy atom. The van der Waals surface area contributed by atoms with Crippen molar-refractivity contribution in [2.75, 3.05) is 25.0 Å². The van der Waals surface area contributed by atoms with E-state index in [9.17, 15) is 13.2 Å². The third-order valence-electron chi connectivity index (χ3n) is 5.01. The summed E-state index contributed by atoms with van der Waals surface area (Å²) < 4.78 is 38.9. The van der Waals surface area contributed by atoms with Crippen LogP contribution in [0.4, 0.5) is 5.69 Å². The second kappa shape index (κ2) is 10.9. The zero-order valence-corrected chi connectivity index (χ0v) is 19.8. The molecule has 33 heavy (non-hydrogen) atoms. The fraction of sp³-hybridized carbons (Fsp3) is 0.240. The Balaban J connectivity index is 1.76. The predicted octanol–water partition coefficient (Wildman–Crippen LogP) is 4.56. The number of sulfonamides is 1. The van der Waals surface area contributed by atoms with Gasteiger partial charge in [-0.2, -0.15) is 0 Å². The number of methoxy groups -OCH3 is 1. The number of benzene rings is 3. The number of carbonyl (C=O) groups is 1. The Kier molecular flexibility index (Phi) is 7.95. The number of rotatable bonds is 10. The lowest BCUT2D eigenvalue weighted by Crippen LogP contribution is -2.30. The summed E-state index contributed by atoms with van der Waals surface area (Å²) in [5.74, 6) is 1.15. The summed E-state index contributed by atoms with van der Waals surface area (Å²) >= 11 is 0. The lowest BCUT2D eigenvalue weighted by molar-refractivity contribution is 0.0752. The van der Waals surface area contributed by atoms with Crippen molar-refractivity contribution in [2.45, 2.75) is 25.3 Å². The zero-order chi connectivity index (χ0) is 23.8. The average Bonchev–Trinajstić information content (AvgIpc) is 2.84. The maximum atomic E-state index is 13.1. The van der Waals surface area contributed by atoms with E-state index in [-0.39, 0.29) is 10.8 Å². The summed E-state index contributed by atoms with van der Waals surface area (Å²) in [6.45, 7) is 5.17. The molecule has 0 aromatic heterocycles. The van der Waals surface area contributed by atoms with Crippen LogP contribution in [0.1, 0.15) is 29.8 Å². The first kappa shape index (κ1) is 24.1. The highest BCUT2D eigenvalue weighted by Crippen LogP contribution is 2.21. The van der Waals surface area contributed by atoms with Crippen LogP contribution in [0.15, 0.2) is 77.7 Å². The van der Waals surface area contributed by atoms with E-state index in [2.05, 4.69) is 4.72 Å². The van der Waals surface area contributed by atoms with E-state index in [1.54, 1.807) is 48.4 Å². The zero-order valence-electron chi connectivity index (χ0n) is 18.9. The average molecular weight is 469 g/mol. The van der Waals surface area contributed by atoms with Crippen molar-refractivity contribution in [2.24, 2.45) is 0 Å². The van der Waals surface area contributed by atoms with Crippen molar-refractivity contribution >= 4 is 21.6 Å². The van der Waals surface area contributed by atoms with E-state index in [1.165, 1.54) is 12.1 Å². The fourth-order valence-electron chi connectivity index (χ4n) is 3.26. The van der Waals surface area contributed by atoms with Crippen LogP contribution < -0.4 is 14.2 Å². The van der Waals surface area contributed by atoms with Gasteiger partial charge in [-0.15, -0.1) is 0 Å². The van der Waals surface area contributed by atoms with Crippen LogP contribution in [0.3, 0.4) is 0 Å². The molecule has 0 spiro atoms. The van der Waals surface area contributed by atoms with Crippen LogP contribution in [-0.4, -0.2) is 39.5 Å². The van der Waals surface area contributed by atoms with Gasteiger partial charge in [0.25, 0.3) is 15.9 Å². The molecular formula is C25H28N2O5S. The minimum Gasteiger partial charge on any atom is -0.497 e. The summed E-state index contributed by atoms with van der Waals surface area (Å²) in [6.07, 6.45) is 0. The summed E-state index contributed by atoms with van der Waals surface area (Å²) in [6, 6.07) is 20.2. The van der Waals surface area contributed by atoms with Crippen LogP contribution in [0.5, 0.6) is 11.5 Å². The van der Waals surface area contributed by atoms with E-state index in [4.69, 9.17) is 9.47 Å². The first-order valence-electron chi connectivity index (χ1n) is 10.6. The van der Waals surface area contributed by atoms with Gasteiger partial charge in [0.1, 0.15) is 11.5 Å². The van der Waals surface area contributed by atoms with E-state index in [0.717, 1.165) is 11.3 Å². The molecule has 0 bridgehead atoms. The van der Waals surface area contributed by atoms with Crippen molar-refractivity contribution in [3.8, 4) is 11.5 Å². The first-order valence-corrected chi connectivity index (χ1v) is 12.1. The molecule has 0 unspecified atom stereocenters. The van der Waals surface area contributed by atoms with Crippen LogP contribution in [-0.2, 0) is 16.6 Å². The number of anilines is 1. The summed E-state index contributed by atoms with van der Waals surface area (Å²) in [5, 5.41) is 0. The molecule has 0 aliphatic heterocycles. The lowest BCUT2D eigenvalue weighted by atomic mass is 10.1. The monoisotopic (exact) mass is 468 g/mol. The number of nitrogens with zero attached hydrogens (tertiary/aromatic N) is 1. The highest BCUT2D eigenvalue weighted by molar-refractivity contribution is 7.92. The van der Waals surface area contributed by atoms with Crippen molar-refractivity contribution in [1.29, 1.82) is 0 Å². The van der Waals surface area contributed by atoms with Crippen LogP contribution in [0, 0.1) is 0 Å². The van der Waals surface area contributed by atoms with Gasteiger partial charge in [0.15, 0.2) is 0 Å². The van der Waals surface area contributed by atoms with Crippen molar-refractivity contribution in [3.05, 3.63) is 83.9 Å². The van der Waals surface area contributed by atoms with Crippen LogP contribution in [0.25, 0.3) is 0 Å². The molecule has 0 fully saturated rings. The SMILES string of the molecule is CCOc1ccc(NS(=O)(=O)c2cccc(C(=O)N(CC)Cc3ccc(OC)cc3)c2)cc1. The molecule has 3 rings (SSSR count). The minimum absolute atomic E-state index is 0.0164. The maximum absolute atomic E-state index is 13.1. The Hall–Kier alpha value is -3.52. The Bertz CT molecular complexity index is 1180. The third kappa shape index (κ3) is 6.26. The molecule has 8 heteroatoms. The van der Waals surface area contributed by atoms with Gasteiger partial charge in [0, 0.05) is 24.3 Å². The lowest BCUT2D eigenvalue weighted by Gasteiger charge is -2.21. The molecule has 1 N–H and O–H groups in total. The number of nitrogens with one attached hydrogen (secondary N) is 1. The molecule has 0 aliphatic rings. The molecule has 1 amide bonds. The Morgan fingerprint density at radius 3 is 2.21 bits per heavy atom. The molecular weight excluding hydrogens is 440 g/mol. The number of amides is 1. The first-order chi connectivity index (χ1) is 15.9. The van der Waals surface area contributed by atoms with Crippen LogP contribution in [0.2, 0.25) is 0 Å². The topological polar surface area (TPSA) is 84.9 Å². The number of hydrogen-bond donors (Lipinski definition) is 1. The highest BCUT2D eigenvalue weighted by atomic mass is 32.2. The number of hydrogen-bond acceptors (Lipinski definition) is 5. The molecule has 0 saturated heterocycles. The number of ether oxygens (including phenoxy) is 2. The summed E-state index contributed by atoms with van der Waals surface area (Å²) in [4.78, 5) is 14.8. The standard InChI is InChI=1S/C25H28N2O5S/c1-4-27(18-19-9-13-22(31-3)14-10-19)25(28)20-7-6-8-24(17-20)33(29,30)26-21-11-15-23(16-12-21)32-5-2/h6-17,26H,4-5,18H2,1-3H3. The normalized spacial score (nSPS) is 11.0. The van der Waals surface area contributed by atoms with Gasteiger partial charge in [-0.1, -0.05) is 18.2 Å². The summed E-state index contributed by atoms with van der Waals surface area (Å²) in [7, 11) is -2.27. The predicted molar refractivity (Wildman–Crippen MR) is 128 cm³/mol. The molecule has 0 atom stereocenters. The van der Waals surface area contributed by atoms with Gasteiger partial charge in [0.2, 0.25) is 0 Å². The molecule has 7 nitrogen and oxygen atoms in total. The third-order valence-corrected chi connectivity index (χ3v) is 6.39. The molecule has 3 aromatic carbocycles.